The highest BCUT2D eigenvalue weighted by atomic mass is 35.5. The molecule has 1 amide bonds. The molecule has 1 aliphatic heterocycles. The van der Waals surface area contributed by atoms with Crippen LogP contribution in [0.4, 0.5) is 0 Å². The van der Waals surface area contributed by atoms with E-state index in [1.54, 1.807) is 13.2 Å². The average Bonchev–Trinajstić information content (AvgIpc) is 3.05. The van der Waals surface area contributed by atoms with E-state index >= 15 is 0 Å². The smallest absolute Gasteiger partial charge is 0.232 e. The van der Waals surface area contributed by atoms with Gasteiger partial charge in [-0.1, -0.05) is 55.8 Å². The summed E-state index contributed by atoms with van der Waals surface area (Å²) in [5.41, 5.74) is 4.06. The fourth-order valence-electron chi connectivity index (χ4n) is 3.06. The third kappa shape index (κ3) is 4.07. The quantitative estimate of drug-likeness (QED) is 0.838. The van der Waals surface area contributed by atoms with Crippen molar-refractivity contribution in [3.8, 4) is 5.88 Å². The number of amides is 1. The molecular weight excluding hydrogens is 348 g/mol. The summed E-state index contributed by atoms with van der Waals surface area (Å²) in [5.74, 6) is 0.950. The molecule has 0 bridgehead atoms. The van der Waals surface area contributed by atoms with Gasteiger partial charge < -0.3 is 10.1 Å². The number of pyridine rings is 1. The number of carbonyl (C=O) groups is 1. The zero-order valence-electron chi connectivity index (χ0n) is 15.3. The molecule has 1 aromatic heterocycles. The van der Waals surface area contributed by atoms with Gasteiger partial charge in [0, 0.05) is 18.0 Å². The number of carbonyl (C=O) groups excluding carboxylic acids is 1. The molecule has 1 aliphatic rings. The van der Waals surface area contributed by atoms with Crippen LogP contribution in [0.2, 0.25) is 5.02 Å². The molecule has 1 saturated heterocycles. The van der Waals surface area contributed by atoms with Crippen molar-refractivity contribution in [3.63, 3.8) is 0 Å². The van der Waals surface area contributed by atoms with Crippen LogP contribution >= 0.6 is 11.6 Å². The van der Waals surface area contributed by atoms with E-state index in [4.69, 9.17) is 16.3 Å². The number of hydrogen-bond acceptors (Lipinski definition) is 3. The minimum absolute atomic E-state index is 0.00532. The monoisotopic (exact) mass is 370 g/mol. The van der Waals surface area contributed by atoms with Crippen molar-refractivity contribution in [1.82, 2.24) is 10.3 Å². The molecule has 26 heavy (non-hydrogen) atoms. The SMILES string of the molecule is COc1nc(/C(=C/[C@H]2CCC(=O)N2)c2ccc(C(C)C)cc2)ccc1Cl. The predicted molar refractivity (Wildman–Crippen MR) is 105 cm³/mol. The maximum Gasteiger partial charge on any atom is 0.232 e. The van der Waals surface area contributed by atoms with Crippen LogP contribution < -0.4 is 10.1 Å². The Balaban J connectivity index is 2.04. The number of benzene rings is 1. The highest BCUT2D eigenvalue weighted by molar-refractivity contribution is 6.31. The molecule has 0 radical (unpaired) electrons. The first-order valence-corrected chi connectivity index (χ1v) is 9.18. The molecule has 4 nitrogen and oxygen atoms in total. The highest BCUT2D eigenvalue weighted by Gasteiger charge is 2.21. The van der Waals surface area contributed by atoms with Crippen LogP contribution in [0.15, 0.2) is 42.5 Å². The summed E-state index contributed by atoms with van der Waals surface area (Å²) < 4.78 is 5.27. The maximum absolute atomic E-state index is 11.6. The summed E-state index contributed by atoms with van der Waals surface area (Å²) >= 11 is 6.13. The molecule has 0 unspecified atom stereocenters. The van der Waals surface area contributed by atoms with Crippen LogP contribution in [0, 0.1) is 0 Å². The lowest BCUT2D eigenvalue weighted by Crippen LogP contribution is -2.23. The summed E-state index contributed by atoms with van der Waals surface area (Å²) in [5, 5.41) is 3.47. The minimum Gasteiger partial charge on any atom is -0.480 e. The van der Waals surface area contributed by atoms with E-state index in [1.165, 1.54) is 5.56 Å². The molecule has 1 aromatic carbocycles. The molecule has 136 valence electrons. The lowest BCUT2D eigenvalue weighted by molar-refractivity contribution is -0.119. The van der Waals surface area contributed by atoms with Crippen LogP contribution in [0.25, 0.3) is 5.57 Å². The normalized spacial score (nSPS) is 17.5. The Hall–Kier alpha value is -2.33. The van der Waals surface area contributed by atoms with Gasteiger partial charge >= 0.3 is 0 Å². The standard InChI is InChI=1S/C21H23ClN2O2/c1-13(2)14-4-6-15(7-5-14)17(12-16-8-11-20(25)23-16)19-10-9-18(22)21(24-19)26-3/h4-7,9-10,12-13,16H,8,11H2,1-3H3,(H,23,25)/b17-12+/t16-/m1/s1. The fourth-order valence-corrected chi connectivity index (χ4v) is 3.24. The Kier molecular flexibility index (Phi) is 5.62. The van der Waals surface area contributed by atoms with Gasteiger partial charge in [-0.25, -0.2) is 4.98 Å². The number of nitrogens with zero attached hydrogens (tertiary/aromatic N) is 1. The van der Waals surface area contributed by atoms with E-state index in [0.29, 0.717) is 23.2 Å². The predicted octanol–water partition coefficient (Wildman–Crippen LogP) is 4.58. The van der Waals surface area contributed by atoms with Crippen molar-refractivity contribution in [2.24, 2.45) is 0 Å². The van der Waals surface area contributed by atoms with E-state index in [1.807, 2.05) is 6.07 Å². The average molecular weight is 371 g/mol. The number of rotatable bonds is 5. The number of halogens is 1. The van der Waals surface area contributed by atoms with E-state index < -0.39 is 0 Å². The van der Waals surface area contributed by atoms with Gasteiger partial charge in [-0.05, 0) is 35.6 Å². The van der Waals surface area contributed by atoms with Gasteiger partial charge in [0.05, 0.1) is 12.8 Å². The van der Waals surface area contributed by atoms with Crippen molar-refractivity contribution >= 4 is 23.1 Å². The fraction of sp³-hybridized carbons (Fsp3) is 0.333. The summed E-state index contributed by atoms with van der Waals surface area (Å²) in [7, 11) is 1.55. The van der Waals surface area contributed by atoms with Gasteiger partial charge in [0.15, 0.2) is 0 Å². The molecule has 1 N–H and O–H groups in total. The minimum atomic E-state index is 0.00532. The van der Waals surface area contributed by atoms with Gasteiger partial charge in [0.2, 0.25) is 11.8 Å². The summed E-state index contributed by atoms with van der Waals surface area (Å²) in [6.07, 6.45) is 3.42. The number of nitrogens with one attached hydrogen (secondary N) is 1. The Morgan fingerprint density at radius 2 is 2.00 bits per heavy atom. The zero-order chi connectivity index (χ0) is 18.7. The number of methoxy groups -OCH3 is 1. The largest absolute Gasteiger partial charge is 0.480 e. The topological polar surface area (TPSA) is 51.2 Å². The van der Waals surface area contributed by atoms with E-state index in [0.717, 1.165) is 23.3 Å². The first-order valence-electron chi connectivity index (χ1n) is 8.80. The van der Waals surface area contributed by atoms with Gasteiger partial charge in [-0.2, -0.15) is 0 Å². The molecule has 1 atom stereocenters. The Labute approximate surface area is 159 Å². The molecule has 1 fully saturated rings. The van der Waals surface area contributed by atoms with Crippen LogP contribution in [0.1, 0.15) is 49.4 Å². The van der Waals surface area contributed by atoms with Crippen LogP contribution in [0.5, 0.6) is 5.88 Å². The highest BCUT2D eigenvalue weighted by Crippen LogP contribution is 2.30. The van der Waals surface area contributed by atoms with Crippen LogP contribution in [0.3, 0.4) is 0 Å². The Morgan fingerprint density at radius 1 is 1.27 bits per heavy atom. The first-order chi connectivity index (χ1) is 12.5. The number of ether oxygens (including phenoxy) is 1. The second kappa shape index (κ2) is 7.92. The second-order valence-corrected chi connectivity index (χ2v) is 7.16. The Bertz CT molecular complexity index is 828. The molecule has 0 aliphatic carbocycles. The van der Waals surface area contributed by atoms with Gasteiger partial charge in [0.1, 0.15) is 5.02 Å². The van der Waals surface area contributed by atoms with Crippen LogP contribution in [-0.2, 0) is 4.79 Å². The Morgan fingerprint density at radius 3 is 2.58 bits per heavy atom. The molecule has 5 heteroatoms. The zero-order valence-corrected chi connectivity index (χ0v) is 16.0. The summed E-state index contributed by atoms with van der Waals surface area (Å²) in [6.45, 7) is 4.34. The molecular formula is C21H23ClN2O2. The van der Waals surface area contributed by atoms with Crippen molar-refractivity contribution in [2.75, 3.05) is 7.11 Å². The van der Waals surface area contributed by atoms with Gasteiger partial charge in [-0.15, -0.1) is 0 Å². The maximum atomic E-state index is 11.6. The molecule has 2 heterocycles. The van der Waals surface area contributed by atoms with Crippen molar-refractivity contribution in [2.45, 2.75) is 38.6 Å². The van der Waals surface area contributed by atoms with E-state index in [-0.39, 0.29) is 11.9 Å². The second-order valence-electron chi connectivity index (χ2n) is 6.76. The molecule has 0 saturated carbocycles. The van der Waals surface area contributed by atoms with E-state index in [9.17, 15) is 4.79 Å². The van der Waals surface area contributed by atoms with Crippen LogP contribution in [-0.4, -0.2) is 24.0 Å². The number of hydrogen-bond donors (Lipinski definition) is 1. The lowest BCUT2D eigenvalue weighted by atomic mass is 9.95. The molecule has 2 aromatic rings. The summed E-state index contributed by atoms with van der Waals surface area (Å²) in [4.78, 5) is 16.1. The molecule has 3 rings (SSSR count). The summed E-state index contributed by atoms with van der Waals surface area (Å²) in [6, 6.07) is 12.1. The first kappa shape index (κ1) is 18.5. The van der Waals surface area contributed by atoms with E-state index in [2.05, 4.69) is 54.5 Å². The van der Waals surface area contributed by atoms with Crippen molar-refractivity contribution < 1.29 is 9.53 Å². The van der Waals surface area contributed by atoms with Gasteiger partial charge in [0.25, 0.3) is 0 Å². The molecule has 0 spiro atoms. The third-order valence-corrected chi connectivity index (χ3v) is 4.86. The number of aromatic nitrogens is 1. The van der Waals surface area contributed by atoms with Crippen molar-refractivity contribution in [3.05, 3.63) is 64.3 Å². The van der Waals surface area contributed by atoms with Crippen molar-refractivity contribution in [1.29, 1.82) is 0 Å². The third-order valence-electron chi connectivity index (χ3n) is 4.57. The lowest BCUT2D eigenvalue weighted by Gasteiger charge is -2.14. The van der Waals surface area contributed by atoms with Gasteiger partial charge in [-0.3, -0.25) is 4.79 Å².